The number of halogens is 1. The number of hydrogen-bond acceptors (Lipinski definition) is 4. The Kier molecular flexibility index (Phi) is 6.34. The van der Waals surface area contributed by atoms with E-state index in [1.54, 1.807) is 26.1 Å². The second-order valence-electron chi connectivity index (χ2n) is 7.53. The van der Waals surface area contributed by atoms with Gasteiger partial charge in [0.2, 0.25) is 0 Å². The second kappa shape index (κ2) is 8.73. The van der Waals surface area contributed by atoms with Crippen molar-refractivity contribution in [1.82, 2.24) is 15.1 Å². The first kappa shape index (κ1) is 20.3. The van der Waals surface area contributed by atoms with Crippen molar-refractivity contribution in [3.63, 3.8) is 0 Å². The van der Waals surface area contributed by atoms with Crippen LogP contribution in [0.5, 0.6) is 0 Å². The Balaban J connectivity index is 2.00. The van der Waals surface area contributed by atoms with E-state index in [9.17, 15) is 14.0 Å². The van der Waals surface area contributed by atoms with Gasteiger partial charge < -0.3 is 10.1 Å². The van der Waals surface area contributed by atoms with Crippen LogP contribution in [-0.4, -0.2) is 55.1 Å². The Morgan fingerprint density at radius 3 is 2.50 bits per heavy atom. The van der Waals surface area contributed by atoms with E-state index >= 15 is 0 Å². The van der Waals surface area contributed by atoms with Crippen molar-refractivity contribution in [2.75, 3.05) is 33.3 Å². The van der Waals surface area contributed by atoms with Crippen LogP contribution in [0.15, 0.2) is 35.5 Å². The summed E-state index contributed by atoms with van der Waals surface area (Å²) in [7, 11) is 1.66. The maximum Gasteiger partial charge on any atom is 0.338 e. The molecule has 1 aromatic rings. The fourth-order valence-corrected chi connectivity index (χ4v) is 3.74. The van der Waals surface area contributed by atoms with Crippen LogP contribution in [0.3, 0.4) is 0 Å². The predicted octanol–water partition coefficient (Wildman–Crippen LogP) is 3.07. The highest BCUT2D eigenvalue weighted by molar-refractivity contribution is 5.95. The number of esters is 1. The summed E-state index contributed by atoms with van der Waals surface area (Å²) in [6.07, 6.45) is 2.19. The molecule has 1 fully saturated rings. The van der Waals surface area contributed by atoms with Crippen LogP contribution in [0, 0.1) is 11.7 Å². The Hall–Kier alpha value is -2.41. The molecule has 2 heterocycles. The minimum Gasteiger partial charge on any atom is -0.463 e. The van der Waals surface area contributed by atoms with Crippen molar-refractivity contribution in [2.24, 2.45) is 5.92 Å². The molecule has 2 aliphatic heterocycles. The zero-order valence-electron chi connectivity index (χ0n) is 16.7. The molecular weight excluding hydrogens is 361 g/mol. The zero-order chi connectivity index (χ0) is 20.3. The van der Waals surface area contributed by atoms with Crippen molar-refractivity contribution in [2.45, 2.75) is 32.7 Å². The fraction of sp³-hybridized carbons (Fsp3) is 0.524. The number of carbonyl (C=O) groups excluding carboxylic acids is 2. The van der Waals surface area contributed by atoms with E-state index < -0.39 is 12.0 Å². The van der Waals surface area contributed by atoms with Gasteiger partial charge in [-0.2, -0.15) is 0 Å². The largest absolute Gasteiger partial charge is 0.463 e. The Bertz CT molecular complexity index is 755. The molecule has 2 amide bonds. The number of likely N-dealkylation sites (N-methyl/N-ethyl adjacent to an activating group) is 1. The van der Waals surface area contributed by atoms with Gasteiger partial charge in [-0.1, -0.05) is 19.1 Å². The van der Waals surface area contributed by atoms with Gasteiger partial charge in [0, 0.05) is 19.3 Å². The highest BCUT2D eigenvalue weighted by atomic mass is 19.1. The first-order valence-corrected chi connectivity index (χ1v) is 9.83. The molecule has 3 rings (SSSR count). The first-order valence-electron chi connectivity index (χ1n) is 9.83. The smallest absolute Gasteiger partial charge is 0.338 e. The van der Waals surface area contributed by atoms with Gasteiger partial charge in [-0.3, -0.25) is 9.80 Å². The van der Waals surface area contributed by atoms with Crippen molar-refractivity contribution in [3.8, 4) is 0 Å². The molecular formula is C21H28FN3O3. The average Bonchev–Trinajstić information content (AvgIpc) is 2.67. The molecule has 1 aromatic carbocycles. The molecule has 0 bridgehead atoms. The van der Waals surface area contributed by atoms with Gasteiger partial charge >= 0.3 is 12.0 Å². The maximum absolute atomic E-state index is 13.4. The van der Waals surface area contributed by atoms with E-state index in [1.807, 2.05) is 0 Å². The number of benzene rings is 1. The molecule has 6 nitrogen and oxygen atoms in total. The Morgan fingerprint density at radius 1 is 1.25 bits per heavy atom. The van der Waals surface area contributed by atoms with Crippen LogP contribution in [0.1, 0.15) is 38.3 Å². The zero-order valence-corrected chi connectivity index (χ0v) is 16.7. The van der Waals surface area contributed by atoms with Crippen molar-refractivity contribution < 1.29 is 18.7 Å². The van der Waals surface area contributed by atoms with E-state index in [0.717, 1.165) is 25.9 Å². The number of piperidine rings is 1. The normalized spacial score (nSPS) is 21.6. The number of carbonyl (C=O) groups is 2. The van der Waals surface area contributed by atoms with Crippen LogP contribution >= 0.6 is 0 Å². The van der Waals surface area contributed by atoms with E-state index in [1.165, 1.54) is 17.0 Å². The molecule has 152 valence electrons. The molecule has 1 unspecified atom stereocenters. The highest BCUT2D eigenvalue weighted by Gasteiger charge is 2.37. The Morgan fingerprint density at radius 2 is 1.89 bits per heavy atom. The number of nitrogens with one attached hydrogen (secondary N) is 1. The Labute approximate surface area is 165 Å². The number of likely N-dealkylation sites (tertiary alicyclic amines) is 1. The lowest BCUT2D eigenvalue weighted by atomic mass is 9.93. The minimum atomic E-state index is -0.665. The summed E-state index contributed by atoms with van der Waals surface area (Å²) >= 11 is 0. The van der Waals surface area contributed by atoms with E-state index in [0.29, 0.717) is 29.3 Å². The van der Waals surface area contributed by atoms with Gasteiger partial charge in [-0.25, -0.2) is 14.0 Å². The summed E-state index contributed by atoms with van der Waals surface area (Å²) in [5.74, 6) is -0.134. The third-order valence-electron chi connectivity index (χ3n) is 5.53. The van der Waals surface area contributed by atoms with Gasteiger partial charge in [0.25, 0.3) is 0 Å². The molecule has 7 heteroatoms. The predicted molar refractivity (Wildman–Crippen MR) is 104 cm³/mol. The minimum absolute atomic E-state index is 0.241. The van der Waals surface area contributed by atoms with Crippen LogP contribution < -0.4 is 5.32 Å². The second-order valence-corrected chi connectivity index (χ2v) is 7.53. The molecule has 1 saturated heterocycles. The van der Waals surface area contributed by atoms with Crippen LogP contribution in [0.25, 0.3) is 0 Å². The first-order chi connectivity index (χ1) is 13.4. The van der Waals surface area contributed by atoms with E-state index in [2.05, 4.69) is 17.1 Å². The quantitative estimate of drug-likeness (QED) is 0.787. The van der Waals surface area contributed by atoms with Gasteiger partial charge in [-0.15, -0.1) is 0 Å². The number of rotatable bonds is 5. The number of hydrogen-bond donors (Lipinski definition) is 1. The standard InChI is InChI=1S/C21H28FN3O3/c1-4-28-20(26)18-17(13-25-11-9-14(2)10-12-25)24(3)21(27)23-19(18)15-5-7-16(22)8-6-15/h5-8,14,19H,4,9-13H2,1-3H3,(H,23,27). The monoisotopic (exact) mass is 389 g/mol. The van der Waals surface area contributed by atoms with Gasteiger partial charge in [0.05, 0.1) is 18.2 Å². The number of ether oxygens (including phenoxy) is 1. The van der Waals surface area contributed by atoms with E-state index in [-0.39, 0.29) is 18.5 Å². The van der Waals surface area contributed by atoms with Crippen LogP contribution in [0.4, 0.5) is 9.18 Å². The third kappa shape index (κ3) is 4.35. The van der Waals surface area contributed by atoms with Gasteiger partial charge in [0.15, 0.2) is 0 Å². The molecule has 0 radical (unpaired) electrons. The van der Waals surface area contributed by atoms with Gasteiger partial charge in [-0.05, 0) is 56.5 Å². The summed E-state index contributed by atoms with van der Waals surface area (Å²) in [6.45, 7) is 6.59. The summed E-state index contributed by atoms with van der Waals surface area (Å²) in [6, 6.07) is 4.88. The van der Waals surface area contributed by atoms with E-state index in [4.69, 9.17) is 4.74 Å². The van der Waals surface area contributed by atoms with Crippen molar-refractivity contribution in [3.05, 3.63) is 46.9 Å². The highest BCUT2D eigenvalue weighted by Crippen LogP contribution is 2.32. The number of amides is 2. The summed E-state index contributed by atoms with van der Waals surface area (Å²) < 4.78 is 18.7. The molecule has 1 atom stereocenters. The van der Waals surface area contributed by atoms with Crippen molar-refractivity contribution >= 4 is 12.0 Å². The van der Waals surface area contributed by atoms with Crippen molar-refractivity contribution in [1.29, 1.82) is 0 Å². The molecule has 1 N–H and O–H groups in total. The molecule has 0 saturated carbocycles. The lowest BCUT2D eigenvalue weighted by Gasteiger charge is -2.38. The summed E-state index contributed by atoms with van der Waals surface area (Å²) in [5, 5.41) is 2.85. The van der Waals surface area contributed by atoms with Crippen LogP contribution in [-0.2, 0) is 9.53 Å². The summed E-state index contributed by atoms with van der Waals surface area (Å²) in [4.78, 5) is 29.2. The lowest BCUT2D eigenvalue weighted by Crippen LogP contribution is -2.50. The average molecular weight is 389 g/mol. The number of nitrogens with zero attached hydrogens (tertiary/aromatic N) is 2. The molecule has 0 aromatic heterocycles. The third-order valence-corrected chi connectivity index (χ3v) is 5.53. The molecule has 0 aliphatic carbocycles. The van der Waals surface area contributed by atoms with Crippen LogP contribution in [0.2, 0.25) is 0 Å². The molecule has 28 heavy (non-hydrogen) atoms. The number of urea groups is 1. The van der Waals surface area contributed by atoms with Gasteiger partial charge in [0.1, 0.15) is 5.82 Å². The fourth-order valence-electron chi connectivity index (χ4n) is 3.74. The molecule has 0 spiro atoms. The summed E-state index contributed by atoms with van der Waals surface area (Å²) in [5.41, 5.74) is 1.70. The maximum atomic E-state index is 13.4. The topological polar surface area (TPSA) is 61.9 Å². The SMILES string of the molecule is CCOC(=O)C1=C(CN2CCC(C)CC2)N(C)C(=O)NC1c1ccc(F)cc1. The lowest BCUT2D eigenvalue weighted by molar-refractivity contribution is -0.139. The molecule has 2 aliphatic rings.